The van der Waals surface area contributed by atoms with Gasteiger partial charge in [-0.25, -0.2) is 4.90 Å². The quantitative estimate of drug-likeness (QED) is 0.825. The van der Waals surface area contributed by atoms with Crippen LogP contribution in [0.5, 0.6) is 5.75 Å². The summed E-state index contributed by atoms with van der Waals surface area (Å²) in [5, 5.41) is 2.82. The SMILES string of the molecule is COc1ccc(N2C(=O)[C@@H]3CCCC[C@H]3C2=O)cc1NC(=O)c1ccccc1. The van der Waals surface area contributed by atoms with E-state index in [1.807, 2.05) is 6.07 Å². The highest BCUT2D eigenvalue weighted by Gasteiger charge is 2.48. The van der Waals surface area contributed by atoms with Crippen LogP contribution in [0.3, 0.4) is 0 Å². The van der Waals surface area contributed by atoms with E-state index in [9.17, 15) is 14.4 Å². The second-order valence-electron chi connectivity index (χ2n) is 7.21. The molecule has 2 fully saturated rings. The van der Waals surface area contributed by atoms with E-state index in [4.69, 9.17) is 4.74 Å². The molecule has 1 heterocycles. The van der Waals surface area contributed by atoms with Crippen molar-refractivity contribution in [3.8, 4) is 5.75 Å². The number of rotatable bonds is 4. The molecule has 0 radical (unpaired) electrons. The molecule has 1 aliphatic heterocycles. The number of ether oxygens (including phenoxy) is 1. The smallest absolute Gasteiger partial charge is 0.255 e. The number of nitrogens with zero attached hydrogens (tertiary/aromatic N) is 1. The van der Waals surface area contributed by atoms with Gasteiger partial charge in [0.25, 0.3) is 5.91 Å². The number of amides is 3. The van der Waals surface area contributed by atoms with Crippen LogP contribution < -0.4 is 15.0 Å². The molecule has 28 heavy (non-hydrogen) atoms. The molecule has 6 nitrogen and oxygen atoms in total. The van der Waals surface area contributed by atoms with Crippen LogP contribution >= 0.6 is 0 Å². The van der Waals surface area contributed by atoms with Gasteiger partial charge in [0.15, 0.2) is 0 Å². The predicted molar refractivity (Wildman–Crippen MR) is 105 cm³/mol. The molecule has 6 heteroatoms. The lowest BCUT2D eigenvalue weighted by Gasteiger charge is -2.19. The van der Waals surface area contributed by atoms with Gasteiger partial charge in [-0.15, -0.1) is 0 Å². The second kappa shape index (κ2) is 7.46. The Balaban J connectivity index is 1.64. The number of imide groups is 1. The normalized spacial score (nSPS) is 21.4. The van der Waals surface area contributed by atoms with Crippen molar-refractivity contribution in [2.45, 2.75) is 25.7 Å². The summed E-state index contributed by atoms with van der Waals surface area (Å²) in [6.07, 6.45) is 3.49. The first-order valence-corrected chi connectivity index (χ1v) is 9.52. The Bertz CT molecular complexity index is 901. The van der Waals surface area contributed by atoms with Crippen molar-refractivity contribution in [2.75, 3.05) is 17.3 Å². The molecule has 2 aromatic rings. The van der Waals surface area contributed by atoms with E-state index in [2.05, 4.69) is 5.32 Å². The van der Waals surface area contributed by atoms with Crippen molar-refractivity contribution in [2.24, 2.45) is 11.8 Å². The van der Waals surface area contributed by atoms with Crippen LogP contribution in [0.25, 0.3) is 0 Å². The molecule has 3 amide bonds. The molecular formula is C22H22N2O4. The number of fused-ring (bicyclic) bond motifs is 1. The average molecular weight is 378 g/mol. The third-order valence-corrected chi connectivity index (χ3v) is 5.57. The summed E-state index contributed by atoms with van der Waals surface area (Å²) < 4.78 is 5.34. The molecule has 0 unspecified atom stereocenters. The minimum atomic E-state index is -0.288. The molecule has 1 aliphatic carbocycles. The molecule has 2 aromatic carbocycles. The van der Waals surface area contributed by atoms with Crippen LogP contribution in [0.15, 0.2) is 48.5 Å². The largest absolute Gasteiger partial charge is 0.495 e. The van der Waals surface area contributed by atoms with E-state index < -0.39 is 0 Å². The zero-order chi connectivity index (χ0) is 19.7. The van der Waals surface area contributed by atoms with E-state index in [-0.39, 0.29) is 29.6 Å². The topological polar surface area (TPSA) is 75.7 Å². The van der Waals surface area contributed by atoms with Gasteiger partial charge in [-0.1, -0.05) is 31.0 Å². The van der Waals surface area contributed by atoms with E-state index in [0.29, 0.717) is 22.7 Å². The number of benzene rings is 2. The molecule has 4 rings (SSSR count). The fraction of sp³-hybridized carbons (Fsp3) is 0.318. The summed E-state index contributed by atoms with van der Waals surface area (Å²) in [4.78, 5) is 39.5. The monoisotopic (exact) mass is 378 g/mol. The number of hydrogen-bond acceptors (Lipinski definition) is 4. The van der Waals surface area contributed by atoms with Gasteiger partial charge in [0.05, 0.1) is 30.3 Å². The Labute approximate surface area is 163 Å². The Morgan fingerprint density at radius 2 is 1.64 bits per heavy atom. The van der Waals surface area contributed by atoms with Gasteiger partial charge in [-0.05, 0) is 43.2 Å². The van der Waals surface area contributed by atoms with Crippen molar-refractivity contribution in [3.63, 3.8) is 0 Å². The van der Waals surface area contributed by atoms with Gasteiger partial charge in [-0.2, -0.15) is 0 Å². The number of hydrogen-bond donors (Lipinski definition) is 1. The molecule has 1 saturated heterocycles. The highest BCUT2D eigenvalue weighted by molar-refractivity contribution is 6.22. The minimum Gasteiger partial charge on any atom is -0.495 e. The average Bonchev–Trinajstić information content (AvgIpc) is 2.99. The lowest BCUT2D eigenvalue weighted by Crippen LogP contribution is -2.31. The first-order chi connectivity index (χ1) is 13.6. The summed E-state index contributed by atoms with van der Waals surface area (Å²) in [7, 11) is 1.51. The highest BCUT2D eigenvalue weighted by Crippen LogP contribution is 2.41. The van der Waals surface area contributed by atoms with Gasteiger partial charge in [-0.3, -0.25) is 14.4 Å². The Morgan fingerprint density at radius 1 is 1.00 bits per heavy atom. The lowest BCUT2D eigenvalue weighted by atomic mass is 9.81. The maximum atomic E-state index is 12.8. The van der Waals surface area contributed by atoms with Crippen molar-refractivity contribution < 1.29 is 19.1 Å². The predicted octanol–water partition coefficient (Wildman–Crippen LogP) is 3.63. The maximum absolute atomic E-state index is 12.8. The first kappa shape index (κ1) is 18.2. The fourth-order valence-corrected chi connectivity index (χ4v) is 4.13. The van der Waals surface area contributed by atoms with Gasteiger partial charge >= 0.3 is 0 Å². The van der Waals surface area contributed by atoms with Gasteiger partial charge < -0.3 is 10.1 Å². The molecule has 144 valence electrons. The third kappa shape index (κ3) is 3.15. The second-order valence-corrected chi connectivity index (χ2v) is 7.21. The van der Waals surface area contributed by atoms with Gasteiger partial charge in [0.1, 0.15) is 5.75 Å². The summed E-state index contributed by atoms with van der Waals surface area (Å²) in [5.41, 5.74) is 1.40. The van der Waals surface area contributed by atoms with Crippen molar-refractivity contribution in [1.29, 1.82) is 0 Å². The molecule has 1 N–H and O–H groups in total. The molecule has 0 spiro atoms. The van der Waals surface area contributed by atoms with E-state index >= 15 is 0 Å². The van der Waals surface area contributed by atoms with Crippen LogP contribution in [0.1, 0.15) is 36.0 Å². The van der Waals surface area contributed by atoms with E-state index in [1.165, 1.54) is 12.0 Å². The summed E-state index contributed by atoms with van der Waals surface area (Å²) >= 11 is 0. The number of nitrogens with one attached hydrogen (secondary N) is 1. The third-order valence-electron chi connectivity index (χ3n) is 5.57. The minimum absolute atomic E-state index is 0.139. The summed E-state index contributed by atoms with van der Waals surface area (Å²) in [5.74, 6) is -0.537. The van der Waals surface area contributed by atoms with Crippen LogP contribution in [-0.2, 0) is 9.59 Å². The molecule has 2 aliphatic rings. The molecule has 1 saturated carbocycles. The molecular weight excluding hydrogens is 356 g/mol. The van der Waals surface area contributed by atoms with Crippen LogP contribution in [-0.4, -0.2) is 24.8 Å². The Morgan fingerprint density at radius 3 is 2.25 bits per heavy atom. The maximum Gasteiger partial charge on any atom is 0.255 e. The standard InChI is InChI=1S/C22H22N2O4/c1-28-19-12-11-15(13-18(19)23-20(25)14-7-3-2-4-8-14)24-21(26)16-9-5-6-10-17(16)22(24)27/h2-4,7-8,11-13,16-17H,5-6,9-10H2,1H3,(H,23,25)/t16-,17-/m1/s1. The zero-order valence-corrected chi connectivity index (χ0v) is 15.7. The van der Waals surface area contributed by atoms with Crippen LogP contribution in [0, 0.1) is 11.8 Å². The highest BCUT2D eigenvalue weighted by atomic mass is 16.5. The summed E-state index contributed by atoms with van der Waals surface area (Å²) in [6.45, 7) is 0. The number of carbonyl (C=O) groups excluding carboxylic acids is 3. The van der Waals surface area contributed by atoms with Crippen molar-refractivity contribution >= 4 is 29.1 Å². The summed E-state index contributed by atoms with van der Waals surface area (Å²) in [6, 6.07) is 13.8. The van der Waals surface area contributed by atoms with Crippen molar-refractivity contribution in [1.82, 2.24) is 0 Å². The van der Waals surface area contributed by atoms with Gasteiger partial charge in [0.2, 0.25) is 11.8 Å². The first-order valence-electron chi connectivity index (χ1n) is 9.52. The number of methoxy groups -OCH3 is 1. The fourth-order valence-electron chi connectivity index (χ4n) is 4.13. The van der Waals surface area contributed by atoms with E-state index in [0.717, 1.165) is 25.7 Å². The number of anilines is 2. The Hall–Kier alpha value is -3.15. The molecule has 2 atom stereocenters. The van der Waals surface area contributed by atoms with Crippen LogP contribution in [0.2, 0.25) is 0 Å². The Kier molecular flexibility index (Phi) is 4.86. The molecule has 0 bridgehead atoms. The zero-order valence-electron chi connectivity index (χ0n) is 15.7. The number of carbonyl (C=O) groups is 3. The van der Waals surface area contributed by atoms with E-state index in [1.54, 1.807) is 42.5 Å². The molecule has 0 aromatic heterocycles. The lowest BCUT2D eigenvalue weighted by molar-refractivity contribution is -0.122. The van der Waals surface area contributed by atoms with Gasteiger partial charge in [0, 0.05) is 5.56 Å². The van der Waals surface area contributed by atoms with Crippen LogP contribution in [0.4, 0.5) is 11.4 Å². The van der Waals surface area contributed by atoms with Crippen molar-refractivity contribution in [3.05, 3.63) is 54.1 Å².